The lowest BCUT2D eigenvalue weighted by Crippen LogP contribution is -2.68. The van der Waals surface area contributed by atoms with Crippen molar-refractivity contribution < 1.29 is 24.2 Å². The molecule has 5 nitrogen and oxygen atoms in total. The molecule has 4 fully saturated rings. The van der Waals surface area contributed by atoms with Crippen LogP contribution < -0.4 is 0 Å². The highest BCUT2D eigenvalue weighted by molar-refractivity contribution is 5.87. The van der Waals surface area contributed by atoms with Crippen LogP contribution in [0, 0.1) is 28.6 Å². The summed E-state index contributed by atoms with van der Waals surface area (Å²) < 4.78 is 5.61. The number of carbonyl (C=O) groups excluding carboxylic acids is 3. The van der Waals surface area contributed by atoms with E-state index in [1.165, 1.54) is 6.92 Å². The molecule has 4 rings (SSSR count). The third kappa shape index (κ3) is 2.22. The van der Waals surface area contributed by atoms with Gasteiger partial charge in [-0.2, -0.15) is 0 Å². The van der Waals surface area contributed by atoms with Crippen LogP contribution in [0.25, 0.3) is 0 Å². The van der Waals surface area contributed by atoms with E-state index in [9.17, 15) is 19.5 Å². The maximum atomic E-state index is 12.6. The molecule has 0 heterocycles. The van der Waals surface area contributed by atoms with Crippen LogP contribution in [-0.4, -0.2) is 34.3 Å². The van der Waals surface area contributed by atoms with E-state index in [-0.39, 0.29) is 29.5 Å². The van der Waals surface area contributed by atoms with Gasteiger partial charge in [0.1, 0.15) is 23.3 Å². The molecule has 26 heavy (non-hydrogen) atoms. The van der Waals surface area contributed by atoms with Crippen molar-refractivity contribution in [2.24, 2.45) is 28.6 Å². The Morgan fingerprint density at radius 2 is 1.85 bits per heavy atom. The highest BCUT2D eigenvalue weighted by Gasteiger charge is 2.68. The van der Waals surface area contributed by atoms with E-state index in [0.717, 1.165) is 19.3 Å². The van der Waals surface area contributed by atoms with Crippen LogP contribution in [0.4, 0.5) is 0 Å². The molecule has 4 saturated carbocycles. The standard InChI is InChI=1S/C21H30O5/c1-12(22)26-18-10-14-15-4-5-17(24)19(15,2)8-7-16(14)20(3)9-6-13(23)11-21(18,20)25/h14-16,18,25H,4-11H2,1-3H3/t14-,15+,16+,18-,19-,20-,21+/m1/s1. The van der Waals surface area contributed by atoms with E-state index in [1.807, 2.05) is 0 Å². The molecular weight excluding hydrogens is 332 g/mol. The summed E-state index contributed by atoms with van der Waals surface area (Å²) in [4.78, 5) is 36.5. The topological polar surface area (TPSA) is 80.7 Å². The summed E-state index contributed by atoms with van der Waals surface area (Å²) in [6, 6.07) is 0. The third-order valence-electron chi connectivity index (χ3n) is 8.67. The van der Waals surface area contributed by atoms with Gasteiger partial charge < -0.3 is 9.84 Å². The van der Waals surface area contributed by atoms with Gasteiger partial charge in [0, 0.05) is 37.0 Å². The third-order valence-corrected chi connectivity index (χ3v) is 8.67. The fourth-order valence-corrected chi connectivity index (χ4v) is 7.16. The maximum absolute atomic E-state index is 12.6. The van der Waals surface area contributed by atoms with Crippen molar-refractivity contribution in [1.29, 1.82) is 0 Å². The number of Topliss-reactive ketones (excluding diaryl/α,β-unsaturated/α-hetero) is 2. The van der Waals surface area contributed by atoms with Crippen LogP contribution >= 0.6 is 0 Å². The van der Waals surface area contributed by atoms with Crippen molar-refractivity contribution in [1.82, 2.24) is 0 Å². The van der Waals surface area contributed by atoms with Gasteiger partial charge >= 0.3 is 5.97 Å². The largest absolute Gasteiger partial charge is 0.459 e. The Balaban J connectivity index is 1.76. The molecule has 0 spiro atoms. The van der Waals surface area contributed by atoms with Crippen LogP contribution in [0.2, 0.25) is 0 Å². The molecule has 4 aliphatic carbocycles. The van der Waals surface area contributed by atoms with E-state index < -0.39 is 23.1 Å². The average molecular weight is 362 g/mol. The number of esters is 1. The predicted molar refractivity (Wildman–Crippen MR) is 94.1 cm³/mol. The zero-order chi connectivity index (χ0) is 18.9. The van der Waals surface area contributed by atoms with Crippen LogP contribution in [0.5, 0.6) is 0 Å². The summed E-state index contributed by atoms with van der Waals surface area (Å²) in [5.74, 6) is 0.848. The second kappa shape index (κ2) is 5.63. The molecule has 5 heteroatoms. The lowest BCUT2D eigenvalue weighted by molar-refractivity contribution is -0.253. The number of ketones is 2. The van der Waals surface area contributed by atoms with Crippen LogP contribution in [0.1, 0.15) is 72.1 Å². The van der Waals surface area contributed by atoms with Gasteiger partial charge in [-0.05, 0) is 49.9 Å². The van der Waals surface area contributed by atoms with Crippen molar-refractivity contribution in [3.8, 4) is 0 Å². The summed E-state index contributed by atoms with van der Waals surface area (Å²) >= 11 is 0. The quantitative estimate of drug-likeness (QED) is 0.726. The van der Waals surface area contributed by atoms with Gasteiger partial charge in [0.2, 0.25) is 0 Å². The normalized spacial score (nSPS) is 50.6. The SMILES string of the molecule is CC(=O)O[C@@H]1C[C@@H]2[C@@H]3CCC(=O)[C@]3(C)CC[C@@H]2[C@@]2(C)CCC(=O)C[C@]12O. The Hall–Kier alpha value is -1.23. The number of hydrogen-bond donors (Lipinski definition) is 1. The number of carbonyl (C=O) groups is 3. The first kappa shape index (κ1) is 18.1. The molecule has 144 valence electrons. The second-order valence-electron chi connectivity index (χ2n) is 9.69. The minimum absolute atomic E-state index is 0.0530. The van der Waals surface area contributed by atoms with E-state index in [4.69, 9.17) is 4.74 Å². The van der Waals surface area contributed by atoms with E-state index >= 15 is 0 Å². The first-order valence-corrected chi connectivity index (χ1v) is 10.1. The minimum atomic E-state index is -1.29. The molecule has 0 aliphatic heterocycles. The van der Waals surface area contributed by atoms with Crippen LogP contribution in [-0.2, 0) is 19.1 Å². The van der Waals surface area contributed by atoms with Crippen molar-refractivity contribution in [2.45, 2.75) is 83.8 Å². The average Bonchev–Trinajstić information content (AvgIpc) is 2.85. The summed E-state index contributed by atoms with van der Waals surface area (Å²) in [6.07, 6.45) is 4.42. The van der Waals surface area contributed by atoms with Crippen molar-refractivity contribution in [2.75, 3.05) is 0 Å². The van der Waals surface area contributed by atoms with E-state index in [0.29, 0.717) is 37.4 Å². The Morgan fingerprint density at radius 1 is 1.12 bits per heavy atom. The van der Waals surface area contributed by atoms with E-state index in [2.05, 4.69) is 13.8 Å². The maximum Gasteiger partial charge on any atom is 0.303 e. The minimum Gasteiger partial charge on any atom is -0.459 e. The highest BCUT2D eigenvalue weighted by Crippen LogP contribution is 2.66. The molecular formula is C21H30O5. The highest BCUT2D eigenvalue weighted by atomic mass is 16.6. The lowest BCUT2D eigenvalue weighted by Gasteiger charge is -2.64. The molecule has 0 bridgehead atoms. The molecule has 0 amide bonds. The number of rotatable bonds is 1. The smallest absolute Gasteiger partial charge is 0.303 e. The summed E-state index contributed by atoms with van der Waals surface area (Å²) in [6.45, 7) is 5.56. The lowest BCUT2D eigenvalue weighted by atomic mass is 9.43. The fourth-order valence-electron chi connectivity index (χ4n) is 7.16. The van der Waals surface area contributed by atoms with Crippen molar-refractivity contribution in [3.63, 3.8) is 0 Å². The fraction of sp³-hybridized carbons (Fsp3) is 0.857. The van der Waals surface area contributed by atoms with Gasteiger partial charge in [0.05, 0.1) is 0 Å². The number of hydrogen-bond acceptors (Lipinski definition) is 5. The van der Waals surface area contributed by atoms with Gasteiger partial charge in [0.15, 0.2) is 0 Å². The summed E-state index contributed by atoms with van der Waals surface area (Å²) in [5, 5.41) is 11.7. The molecule has 0 aromatic heterocycles. The predicted octanol–water partition coefficient (Wildman–Crippen LogP) is 2.82. The first-order valence-electron chi connectivity index (χ1n) is 10.1. The molecule has 7 atom stereocenters. The van der Waals surface area contributed by atoms with Crippen molar-refractivity contribution in [3.05, 3.63) is 0 Å². The Labute approximate surface area is 154 Å². The molecule has 0 aromatic rings. The monoisotopic (exact) mass is 362 g/mol. The molecule has 0 saturated heterocycles. The molecule has 0 radical (unpaired) electrons. The molecule has 1 N–H and O–H groups in total. The number of ether oxygens (including phenoxy) is 1. The zero-order valence-corrected chi connectivity index (χ0v) is 16.0. The molecule has 0 aromatic carbocycles. The second-order valence-corrected chi connectivity index (χ2v) is 9.69. The van der Waals surface area contributed by atoms with Gasteiger partial charge in [-0.3, -0.25) is 14.4 Å². The molecule has 0 unspecified atom stereocenters. The Kier molecular flexibility index (Phi) is 3.93. The van der Waals surface area contributed by atoms with Gasteiger partial charge in [0.25, 0.3) is 0 Å². The van der Waals surface area contributed by atoms with Gasteiger partial charge in [-0.15, -0.1) is 0 Å². The summed E-state index contributed by atoms with van der Waals surface area (Å²) in [5.41, 5.74) is -2.00. The Bertz CT molecular complexity index is 671. The Morgan fingerprint density at radius 3 is 2.54 bits per heavy atom. The first-order chi connectivity index (χ1) is 12.1. The van der Waals surface area contributed by atoms with Crippen molar-refractivity contribution >= 4 is 17.5 Å². The van der Waals surface area contributed by atoms with Gasteiger partial charge in [-0.1, -0.05) is 13.8 Å². The summed E-state index contributed by atoms with van der Waals surface area (Å²) in [7, 11) is 0. The van der Waals surface area contributed by atoms with Crippen LogP contribution in [0.3, 0.4) is 0 Å². The van der Waals surface area contributed by atoms with Crippen LogP contribution in [0.15, 0.2) is 0 Å². The van der Waals surface area contributed by atoms with Gasteiger partial charge in [-0.25, -0.2) is 0 Å². The number of fused-ring (bicyclic) bond motifs is 5. The number of aliphatic hydroxyl groups is 1. The zero-order valence-electron chi connectivity index (χ0n) is 16.0. The van der Waals surface area contributed by atoms with E-state index in [1.54, 1.807) is 0 Å². The molecule has 4 aliphatic rings.